The van der Waals surface area contributed by atoms with Gasteiger partial charge in [-0.25, -0.2) is 9.48 Å². The third kappa shape index (κ3) is 4.58. The fourth-order valence-electron chi connectivity index (χ4n) is 3.00. The number of carbonyl (C=O) groups excluding carboxylic acids is 2. The lowest BCUT2D eigenvalue weighted by Gasteiger charge is -2.09. The maximum Gasteiger partial charge on any atom is 0.361 e. The summed E-state index contributed by atoms with van der Waals surface area (Å²) < 4.78 is 11.4. The van der Waals surface area contributed by atoms with Crippen LogP contribution in [0.15, 0.2) is 42.5 Å². The van der Waals surface area contributed by atoms with Gasteiger partial charge in [-0.1, -0.05) is 23.4 Å². The van der Waals surface area contributed by atoms with Crippen molar-refractivity contribution in [1.29, 1.82) is 0 Å². The molecule has 0 aliphatic carbocycles. The Bertz CT molecular complexity index is 1140. The minimum absolute atomic E-state index is 0.0719. The number of hydrogen-bond donors (Lipinski definition) is 0. The second-order valence-electron chi connectivity index (χ2n) is 6.62. The molecule has 3 rings (SSSR count). The highest BCUT2D eigenvalue weighted by atomic mass is 16.6. The Balaban J connectivity index is 2.10. The number of ketones is 1. The van der Waals surface area contributed by atoms with Gasteiger partial charge in [0.1, 0.15) is 17.0 Å². The van der Waals surface area contributed by atoms with Crippen LogP contribution >= 0.6 is 0 Å². The summed E-state index contributed by atoms with van der Waals surface area (Å²) in [6.07, 6.45) is 0. The summed E-state index contributed by atoms with van der Waals surface area (Å²) in [5, 5.41) is 19.3. The number of aryl methyl sites for hydroxylation is 1. The van der Waals surface area contributed by atoms with E-state index in [1.165, 1.54) is 16.8 Å². The van der Waals surface area contributed by atoms with Crippen LogP contribution in [-0.2, 0) is 11.3 Å². The highest BCUT2D eigenvalue weighted by molar-refractivity contribution is 6.14. The van der Waals surface area contributed by atoms with E-state index in [0.717, 1.165) is 5.56 Å². The van der Waals surface area contributed by atoms with Crippen molar-refractivity contribution in [3.05, 3.63) is 80.7 Å². The van der Waals surface area contributed by atoms with E-state index < -0.39 is 16.7 Å². The summed E-state index contributed by atoms with van der Waals surface area (Å²) >= 11 is 0. The van der Waals surface area contributed by atoms with Gasteiger partial charge in [0.05, 0.1) is 25.2 Å². The number of esters is 1. The standard InChI is InChI=1S/C21H20N4O6/c1-4-31-21(27)18-19(20(26)16-10-5-13(2)11-17(16)25(28)29)24(23-22-18)12-14-6-8-15(30-3)9-7-14/h5-11H,4,12H2,1-3H3. The van der Waals surface area contributed by atoms with Crippen molar-refractivity contribution in [1.82, 2.24) is 15.0 Å². The summed E-state index contributed by atoms with van der Waals surface area (Å²) in [6.45, 7) is 3.48. The number of nitrogens with zero attached hydrogens (tertiary/aromatic N) is 4. The highest BCUT2D eigenvalue weighted by Crippen LogP contribution is 2.25. The topological polar surface area (TPSA) is 126 Å². The van der Waals surface area contributed by atoms with Crippen molar-refractivity contribution in [3.8, 4) is 5.75 Å². The third-order valence-electron chi connectivity index (χ3n) is 4.50. The molecule has 0 aliphatic rings. The Morgan fingerprint density at radius 1 is 1.16 bits per heavy atom. The smallest absolute Gasteiger partial charge is 0.361 e. The molecule has 0 spiro atoms. The largest absolute Gasteiger partial charge is 0.497 e. The molecule has 10 nitrogen and oxygen atoms in total. The Morgan fingerprint density at radius 3 is 2.48 bits per heavy atom. The first-order valence-corrected chi connectivity index (χ1v) is 9.39. The predicted octanol–water partition coefficient (Wildman–Crippen LogP) is 2.96. The number of aromatic nitrogens is 3. The number of rotatable bonds is 8. The molecule has 2 aromatic carbocycles. The zero-order valence-corrected chi connectivity index (χ0v) is 17.2. The maximum absolute atomic E-state index is 13.4. The van der Waals surface area contributed by atoms with Gasteiger partial charge < -0.3 is 9.47 Å². The Morgan fingerprint density at radius 2 is 1.87 bits per heavy atom. The molecular weight excluding hydrogens is 404 g/mol. The lowest BCUT2D eigenvalue weighted by atomic mass is 10.0. The van der Waals surface area contributed by atoms with Crippen LogP contribution in [0.1, 0.15) is 44.6 Å². The molecule has 1 aromatic heterocycles. The zero-order valence-electron chi connectivity index (χ0n) is 17.2. The van der Waals surface area contributed by atoms with Crippen molar-refractivity contribution in [2.45, 2.75) is 20.4 Å². The molecule has 31 heavy (non-hydrogen) atoms. The van der Waals surface area contributed by atoms with E-state index in [0.29, 0.717) is 11.3 Å². The molecule has 0 N–H and O–H groups in total. The molecule has 0 saturated carbocycles. The van der Waals surface area contributed by atoms with Crippen molar-refractivity contribution in [2.24, 2.45) is 0 Å². The van der Waals surface area contributed by atoms with Gasteiger partial charge in [0.2, 0.25) is 11.5 Å². The van der Waals surface area contributed by atoms with Gasteiger partial charge in [0.25, 0.3) is 5.69 Å². The summed E-state index contributed by atoms with van der Waals surface area (Å²) in [6, 6.07) is 11.3. The van der Waals surface area contributed by atoms with E-state index in [1.807, 2.05) is 0 Å². The van der Waals surface area contributed by atoms with E-state index in [1.54, 1.807) is 51.3 Å². The number of ether oxygens (including phenoxy) is 2. The van der Waals surface area contributed by atoms with Gasteiger partial charge in [0, 0.05) is 6.07 Å². The van der Waals surface area contributed by atoms with Crippen molar-refractivity contribution >= 4 is 17.4 Å². The SMILES string of the molecule is CCOC(=O)c1nnn(Cc2ccc(OC)cc2)c1C(=O)c1ccc(C)cc1[N+](=O)[O-]. The minimum Gasteiger partial charge on any atom is -0.497 e. The Kier molecular flexibility index (Phi) is 6.39. The first kappa shape index (κ1) is 21.6. The molecule has 3 aromatic rings. The van der Waals surface area contributed by atoms with Gasteiger partial charge in [-0.3, -0.25) is 14.9 Å². The van der Waals surface area contributed by atoms with Crippen LogP contribution in [-0.4, -0.2) is 45.4 Å². The molecule has 0 bridgehead atoms. The monoisotopic (exact) mass is 424 g/mol. The molecule has 0 amide bonds. The fourth-order valence-corrected chi connectivity index (χ4v) is 3.00. The van der Waals surface area contributed by atoms with Gasteiger partial charge in [0.15, 0.2) is 0 Å². The van der Waals surface area contributed by atoms with Crippen molar-refractivity contribution in [3.63, 3.8) is 0 Å². The van der Waals surface area contributed by atoms with E-state index in [-0.39, 0.29) is 35.8 Å². The number of benzene rings is 2. The maximum atomic E-state index is 13.4. The first-order chi connectivity index (χ1) is 14.8. The number of nitro benzene ring substituents is 1. The average Bonchev–Trinajstić information content (AvgIpc) is 3.17. The second-order valence-corrected chi connectivity index (χ2v) is 6.62. The molecular formula is C21H20N4O6. The van der Waals surface area contributed by atoms with Crippen LogP contribution in [0, 0.1) is 17.0 Å². The summed E-state index contributed by atoms with van der Waals surface area (Å²) in [5.41, 5.74) is 0.375. The van der Waals surface area contributed by atoms with E-state index in [4.69, 9.17) is 9.47 Å². The van der Waals surface area contributed by atoms with Crippen LogP contribution in [0.3, 0.4) is 0 Å². The average molecular weight is 424 g/mol. The van der Waals surface area contributed by atoms with Gasteiger partial charge >= 0.3 is 5.97 Å². The van der Waals surface area contributed by atoms with Crippen LogP contribution in [0.25, 0.3) is 0 Å². The number of hydrogen-bond acceptors (Lipinski definition) is 8. The first-order valence-electron chi connectivity index (χ1n) is 9.39. The number of carbonyl (C=O) groups is 2. The number of methoxy groups -OCH3 is 1. The van der Waals surface area contributed by atoms with E-state index >= 15 is 0 Å². The van der Waals surface area contributed by atoms with Gasteiger partial charge in [-0.05, 0) is 43.2 Å². The second kappa shape index (κ2) is 9.16. The van der Waals surface area contributed by atoms with Crippen LogP contribution < -0.4 is 4.74 Å². The van der Waals surface area contributed by atoms with Gasteiger partial charge in [-0.2, -0.15) is 0 Å². The molecule has 0 atom stereocenters. The van der Waals surface area contributed by atoms with Crippen LogP contribution in [0.2, 0.25) is 0 Å². The number of nitro groups is 1. The minimum atomic E-state index is -0.832. The van der Waals surface area contributed by atoms with Crippen molar-refractivity contribution in [2.75, 3.05) is 13.7 Å². The van der Waals surface area contributed by atoms with E-state index in [2.05, 4.69) is 10.3 Å². The third-order valence-corrected chi connectivity index (χ3v) is 4.50. The zero-order chi connectivity index (χ0) is 22.5. The molecule has 0 saturated heterocycles. The Labute approximate surface area is 177 Å². The summed E-state index contributed by atoms with van der Waals surface area (Å²) in [5.74, 6) is -0.920. The molecule has 0 fully saturated rings. The molecule has 0 unspecified atom stereocenters. The molecule has 0 radical (unpaired) electrons. The van der Waals surface area contributed by atoms with Crippen LogP contribution in [0.4, 0.5) is 5.69 Å². The highest BCUT2D eigenvalue weighted by Gasteiger charge is 2.31. The van der Waals surface area contributed by atoms with E-state index in [9.17, 15) is 19.7 Å². The van der Waals surface area contributed by atoms with Gasteiger partial charge in [-0.15, -0.1) is 5.10 Å². The Hall–Kier alpha value is -4.08. The predicted molar refractivity (Wildman–Crippen MR) is 109 cm³/mol. The molecule has 160 valence electrons. The molecule has 10 heteroatoms. The van der Waals surface area contributed by atoms with Crippen LogP contribution in [0.5, 0.6) is 5.75 Å². The normalized spacial score (nSPS) is 10.5. The molecule has 0 aliphatic heterocycles. The quantitative estimate of drug-likeness (QED) is 0.234. The summed E-state index contributed by atoms with van der Waals surface area (Å²) in [7, 11) is 1.54. The molecule has 1 heterocycles. The summed E-state index contributed by atoms with van der Waals surface area (Å²) in [4.78, 5) is 36.6. The lowest BCUT2D eigenvalue weighted by molar-refractivity contribution is -0.385. The van der Waals surface area contributed by atoms with Crippen molar-refractivity contribution < 1.29 is 24.0 Å². The fraction of sp³-hybridized carbons (Fsp3) is 0.238. The lowest BCUT2D eigenvalue weighted by Crippen LogP contribution is -2.18.